The molecule has 0 unspecified atom stereocenters. The van der Waals surface area contributed by atoms with Crippen LogP contribution in [0.2, 0.25) is 0 Å². The lowest BCUT2D eigenvalue weighted by Crippen LogP contribution is -2.02. The Morgan fingerprint density at radius 2 is 0.722 bits per heavy atom. The molecule has 6 aromatic carbocycles. The van der Waals surface area contributed by atoms with Crippen molar-refractivity contribution in [3.8, 4) is 51.7 Å². The standard InChI is InChI=1S/C15H14O5.C14H12O4.C13H10O3/c1-19-9-3-5-11(13(16)7-9)15(18)12-6-4-10(20-2)8-14(12)17;1-18-9-6-7-11(13(16)8-9)14(17)10-4-2-3-5-12(10)15;14-10-6-7-11(12(15)8-10)13(16)9-4-2-1-3-5-9/h3-8,16-17H,1-2H3;2-8,15-16H,1H3;1-8,14-15H. The summed E-state index contributed by atoms with van der Waals surface area (Å²) in [6.45, 7) is 0. The van der Waals surface area contributed by atoms with Gasteiger partial charge < -0.3 is 44.8 Å². The van der Waals surface area contributed by atoms with Crippen molar-refractivity contribution < 1.29 is 59.2 Å². The fourth-order valence-corrected chi connectivity index (χ4v) is 4.90. The SMILES string of the molecule is COc1ccc(C(=O)c2ccc(OC)cc2O)c(O)c1.COc1ccc(C(=O)c2ccccc2O)c(O)c1.O=C(c1ccccc1)c1ccc(O)cc1O. The van der Waals surface area contributed by atoms with Gasteiger partial charge in [-0.15, -0.1) is 0 Å². The maximum Gasteiger partial charge on any atom is 0.200 e. The van der Waals surface area contributed by atoms with Crippen LogP contribution < -0.4 is 14.2 Å². The van der Waals surface area contributed by atoms with E-state index in [4.69, 9.17) is 19.3 Å². The number of aromatic hydroxyl groups is 6. The summed E-state index contributed by atoms with van der Waals surface area (Å²) in [6.07, 6.45) is 0. The average Bonchev–Trinajstić information content (AvgIpc) is 3.18. The molecule has 0 aliphatic carbocycles. The Morgan fingerprint density at radius 3 is 1.11 bits per heavy atom. The van der Waals surface area contributed by atoms with Crippen molar-refractivity contribution in [3.63, 3.8) is 0 Å². The van der Waals surface area contributed by atoms with Gasteiger partial charge in [-0.1, -0.05) is 42.5 Å². The summed E-state index contributed by atoms with van der Waals surface area (Å²) in [5, 5.41) is 57.7. The zero-order valence-electron chi connectivity index (χ0n) is 29.3. The van der Waals surface area contributed by atoms with Gasteiger partial charge in [-0.3, -0.25) is 14.4 Å². The van der Waals surface area contributed by atoms with Crippen LogP contribution in [-0.4, -0.2) is 69.3 Å². The summed E-state index contributed by atoms with van der Waals surface area (Å²) in [5.74, 6) is -0.820. The number of methoxy groups -OCH3 is 3. The molecule has 0 aromatic heterocycles. The molecule has 0 saturated carbocycles. The molecule has 6 rings (SSSR count). The van der Waals surface area contributed by atoms with Crippen molar-refractivity contribution in [3.05, 3.63) is 161 Å². The van der Waals surface area contributed by atoms with Crippen LogP contribution in [0.25, 0.3) is 0 Å². The lowest BCUT2D eigenvalue weighted by atomic mass is 10.0. The van der Waals surface area contributed by atoms with E-state index in [-0.39, 0.29) is 68.1 Å². The summed E-state index contributed by atoms with van der Waals surface area (Å²) in [5.41, 5.74) is 1.14. The highest BCUT2D eigenvalue weighted by Gasteiger charge is 2.19. The van der Waals surface area contributed by atoms with E-state index in [9.17, 15) is 39.9 Å². The summed E-state index contributed by atoms with van der Waals surface area (Å²) < 4.78 is 14.8. The quantitative estimate of drug-likeness (QED) is 0.0832. The molecule has 276 valence electrons. The third-order valence-corrected chi connectivity index (χ3v) is 7.76. The molecule has 0 spiro atoms. The molecule has 12 nitrogen and oxygen atoms in total. The van der Waals surface area contributed by atoms with Crippen LogP contribution in [0.15, 0.2) is 127 Å². The molecule has 0 fully saturated rings. The number of hydrogen-bond acceptors (Lipinski definition) is 12. The predicted octanol–water partition coefficient (Wildman–Crippen LogP) is 7.01. The number of rotatable bonds is 9. The summed E-state index contributed by atoms with van der Waals surface area (Å²) >= 11 is 0. The number of para-hydroxylation sites is 1. The number of phenolic OH excluding ortho intramolecular Hbond substituents is 6. The van der Waals surface area contributed by atoms with Crippen molar-refractivity contribution in [2.24, 2.45) is 0 Å². The molecule has 0 aliphatic rings. The minimum atomic E-state index is -0.481. The maximum atomic E-state index is 12.3. The second kappa shape index (κ2) is 18.1. The molecular weight excluding hydrogens is 696 g/mol. The number of ether oxygens (including phenoxy) is 3. The van der Waals surface area contributed by atoms with E-state index in [0.29, 0.717) is 22.8 Å². The number of hydrogen-bond donors (Lipinski definition) is 6. The van der Waals surface area contributed by atoms with E-state index in [1.54, 1.807) is 54.6 Å². The van der Waals surface area contributed by atoms with E-state index >= 15 is 0 Å². The van der Waals surface area contributed by atoms with Crippen LogP contribution >= 0.6 is 0 Å². The van der Waals surface area contributed by atoms with E-state index in [1.165, 1.54) is 82.0 Å². The topological polar surface area (TPSA) is 200 Å². The molecular formula is C42H36O12. The van der Waals surface area contributed by atoms with Gasteiger partial charge in [0.25, 0.3) is 0 Å². The van der Waals surface area contributed by atoms with Gasteiger partial charge in [-0.25, -0.2) is 0 Å². The molecule has 6 aromatic rings. The summed E-state index contributed by atoms with van der Waals surface area (Å²) in [7, 11) is 4.40. The molecule has 0 atom stereocenters. The molecule has 0 bridgehead atoms. The number of ketones is 3. The Labute approximate surface area is 310 Å². The highest BCUT2D eigenvalue weighted by molar-refractivity contribution is 6.13. The van der Waals surface area contributed by atoms with Gasteiger partial charge >= 0.3 is 0 Å². The number of phenols is 6. The summed E-state index contributed by atoms with van der Waals surface area (Å²) in [4.78, 5) is 36.3. The lowest BCUT2D eigenvalue weighted by Gasteiger charge is -2.08. The number of carbonyl (C=O) groups excluding carboxylic acids is 3. The van der Waals surface area contributed by atoms with Crippen LogP contribution in [-0.2, 0) is 0 Å². The first-order chi connectivity index (χ1) is 25.9. The Hall–Kier alpha value is -7.47. The highest BCUT2D eigenvalue weighted by Crippen LogP contribution is 2.31. The summed E-state index contributed by atoms with van der Waals surface area (Å²) in [6, 6.07) is 31.9. The van der Waals surface area contributed by atoms with Crippen molar-refractivity contribution in [1.29, 1.82) is 0 Å². The van der Waals surface area contributed by atoms with Gasteiger partial charge in [0.05, 0.1) is 49.1 Å². The Balaban J connectivity index is 0.000000182. The second-order valence-corrected chi connectivity index (χ2v) is 11.2. The van der Waals surface area contributed by atoms with Gasteiger partial charge in [0.15, 0.2) is 17.3 Å². The highest BCUT2D eigenvalue weighted by atomic mass is 16.5. The van der Waals surface area contributed by atoms with Gasteiger partial charge in [0.2, 0.25) is 0 Å². The maximum absolute atomic E-state index is 12.3. The fourth-order valence-electron chi connectivity index (χ4n) is 4.90. The van der Waals surface area contributed by atoms with Crippen molar-refractivity contribution in [1.82, 2.24) is 0 Å². The van der Waals surface area contributed by atoms with Crippen LogP contribution in [0.3, 0.4) is 0 Å². The number of carbonyl (C=O) groups is 3. The molecule has 0 radical (unpaired) electrons. The fraction of sp³-hybridized carbons (Fsp3) is 0.0714. The predicted molar refractivity (Wildman–Crippen MR) is 199 cm³/mol. The van der Waals surface area contributed by atoms with Crippen LogP contribution in [0.1, 0.15) is 47.8 Å². The first kappa shape index (κ1) is 39.3. The molecule has 54 heavy (non-hydrogen) atoms. The minimum Gasteiger partial charge on any atom is -0.508 e. The van der Waals surface area contributed by atoms with Gasteiger partial charge in [-0.05, 0) is 60.7 Å². The smallest absolute Gasteiger partial charge is 0.200 e. The van der Waals surface area contributed by atoms with E-state index < -0.39 is 11.6 Å². The molecule has 12 heteroatoms. The van der Waals surface area contributed by atoms with Gasteiger partial charge in [0.1, 0.15) is 51.7 Å². The van der Waals surface area contributed by atoms with Crippen LogP contribution in [0, 0.1) is 0 Å². The monoisotopic (exact) mass is 732 g/mol. The molecule has 6 N–H and O–H groups in total. The molecule has 0 amide bonds. The largest absolute Gasteiger partial charge is 0.508 e. The molecule has 0 saturated heterocycles. The normalized spacial score (nSPS) is 10.1. The van der Waals surface area contributed by atoms with Crippen molar-refractivity contribution >= 4 is 17.3 Å². The molecule has 0 aliphatic heterocycles. The first-order valence-electron chi connectivity index (χ1n) is 16.0. The van der Waals surface area contributed by atoms with E-state index in [0.717, 1.165) is 6.07 Å². The zero-order valence-corrected chi connectivity index (χ0v) is 29.3. The van der Waals surface area contributed by atoms with Crippen LogP contribution in [0.4, 0.5) is 0 Å². The Bertz CT molecular complexity index is 2210. The average molecular weight is 733 g/mol. The second-order valence-electron chi connectivity index (χ2n) is 11.2. The van der Waals surface area contributed by atoms with Crippen molar-refractivity contribution in [2.45, 2.75) is 0 Å². The third-order valence-electron chi connectivity index (χ3n) is 7.76. The Kier molecular flexibility index (Phi) is 13.2. The zero-order chi connectivity index (χ0) is 39.4. The van der Waals surface area contributed by atoms with Crippen LogP contribution in [0.5, 0.6) is 51.7 Å². The number of benzene rings is 6. The lowest BCUT2D eigenvalue weighted by molar-refractivity contribution is 0.102. The minimum absolute atomic E-state index is 0.0675. The first-order valence-corrected chi connectivity index (χ1v) is 16.0. The third kappa shape index (κ3) is 9.65. The Morgan fingerprint density at radius 1 is 0.370 bits per heavy atom. The van der Waals surface area contributed by atoms with Gasteiger partial charge in [-0.2, -0.15) is 0 Å². The molecule has 0 heterocycles. The van der Waals surface area contributed by atoms with Gasteiger partial charge in [0, 0.05) is 29.8 Å². The van der Waals surface area contributed by atoms with E-state index in [1.807, 2.05) is 6.07 Å². The van der Waals surface area contributed by atoms with E-state index in [2.05, 4.69) is 0 Å². The van der Waals surface area contributed by atoms with Crippen molar-refractivity contribution in [2.75, 3.05) is 21.3 Å².